The van der Waals surface area contributed by atoms with Gasteiger partial charge in [0.25, 0.3) is 0 Å². The molecule has 0 bridgehead atoms. The third-order valence-electron chi connectivity index (χ3n) is 4.82. The zero-order chi connectivity index (χ0) is 13.9. The van der Waals surface area contributed by atoms with Gasteiger partial charge in [-0.25, -0.2) is 0 Å². The highest BCUT2D eigenvalue weighted by molar-refractivity contribution is 9.08. The summed E-state index contributed by atoms with van der Waals surface area (Å²) in [5.74, 6) is 2.66. The quantitative estimate of drug-likeness (QED) is 0.770. The van der Waals surface area contributed by atoms with Gasteiger partial charge in [0.05, 0.1) is 5.33 Å². The first-order valence-electron chi connectivity index (χ1n) is 6.55. The predicted octanol–water partition coefficient (Wildman–Crippen LogP) is 4.08. The first-order chi connectivity index (χ1) is 8.05. The Kier molecular flexibility index (Phi) is 2.97. The van der Waals surface area contributed by atoms with Gasteiger partial charge in [0, 0.05) is 11.5 Å². The first kappa shape index (κ1) is 14.0. The van der Waals surface area contributed by atoms with Crippen molar-refractivity contribution in [2.24, 2.45) is 10.8 Å². The fraction of sp³-hybridized carbons (Fsp3) is 0.857. The molecular weight excluding hydrogens is 290 g/mol. The summed E-state index contributed by atoms with van der Waals surface area (Å²) in [4.78, 5) is 0. The van der Waals surface area contributed by atoms with Gasteiger partial charge in [0.15, 0.2) is 0 Å². The molecule has 1 aromatic heterocycles. The van der Waals surface area contributed by atoms with Crippen LogP contribution in [0.15, 0.2) is 0 Å². The van der Waals surface area contributed by atoms with E-state index < -0.39 is 0 Å². The van der Waals surface area contributed by atoms with Crippen molar-refractivity contribution in [1.29, 1.82) is 0 Å². The molecule has 1 fully saturated rings. The van der Waals surface area contributed by atoms with Crippen molar-refractivity contribution in [2.45, 2.75) is 65.3 Å². The van der Waals surface area contributed by atoms with Crippen LogP contribution in [0.2, 0.25) is 0 Å². The van der Waals surface area contributed by atoms with Crippen molar-refractivity contribution in [2.75, 3.05) is 0 Å². The second-order valence-electron chi connectivity index (χ2n) is 7.49. The predicted molar refractivity (Wildman–Crippen MR) is 78.0 cm³/mol. The number of nitrogens with zero attached hydrogens (tertiary/aromatic N) is 3. The molecule has 0 radical (unpaired) electrons. The molecular formula is C14H24BrN3. The van der Waals surface area contributed by atoms with Gasteiger partial charge in [-0.15, -0.1) is 10.2 Å². The Morgan fingerprint density at radius 2 is 1.61 bits per heavy atom. The molecule has 0 aromatic carbocycles. The molecule has 1 aliphatic carbocycles. The van der Waals surface area contributed by atoms with Crippen LogP contribution >= 0.6 is 15.9 Å². The first-order valence-corrected chi connectivity index (χ1v) is 7.68. The number of hydrogen-bond donors (Lipinski definition) is 0. The van der Waals surface area contributed by atoms with Gasteiger partial charge >= 0.3 is 0 Å². The van der Waals surface area contributed by atoms with Crippen LogP contribution in [0.4, 0.5) is 0 Å². The van der Waals surface area contributed by atoms with Gasteiger partial charge in [-0.1, -0.05) is 43.6 Å². The van der Waals surface area contributed by atoms with E-state index >= 15 is 0 Å². The molecule has 0 saturated heterocycles. The lowest BCUT2D eigenvalue weighted by atomic mass is 10.0. The molecule has 1 aromatic rings. The van der Waals surface area contributed by atoms with Crippen LogP contribution in [0.25, 0.3) is 0 Å². The average molecular weight is 314 g/mol. The molecule has 0 unspecified atom stereocenters. The van der Waals surface area contributed by atoms with Gasteiger partial charge in [0.1, 0.15) is 11.6 Å². The molecule has 1 aliphatic rings. The van der Waals surface area contributed by atoms with E-state index in [2.05, 4.69) is 79.2 Å². The van der Waals surface area contributed by atoms with E-state index in [4.69, 9.17) is 0 Å². The maximum absolute atomic E-state index is 4.49. The van der Waals surface area contributed by atoms with E-state index in [1.165, 1.54) is 0 Å². The van der Waals surface area contributed by atoms with Crippen molar-refractivity contribution in [3.05, 3.63) is 11.6 Å². The molecule has 102 valence electrons. The summed E-state index contributed by atoms with van der Waals surface area (Å²) in [6, 6.07) is 0. The Morgan fingerprint density at radius 1 is 1.11 bits per heavy atom. The minimum Gasteiger partial charge on any atom is -0.309 e. The van der Waals surface area contributed by atoms with E-state index in [0.717, 1.165) is 17.0 Å². The SMILES string of the molecule is CC(C)(C)n1c(CBr)nnc1C1C(C)(C)C1(C)C. The Hall–Kier alpha value is -0.380. The van der Waals surface area contributed by atoms with Gasteiger partial charge in [-0.05, 0) is 31.6 Å². The summed E-state index contributed by atoms with van der Waals surface area (Å²) in [6.45, 7) is 16.0. The fourth-order valence-electron chi connectivity index (χ4n) is 3.18. The number of halogens is 1. The highest BCUT2D eigenvalue weighted by Crippen LogP contribution is 2.73. The molecule has 0 atom stereocenters. The summed E-state index contributed by atoms with van der Waals surface area (Å²) in [7, 11) is 0. The number of alkyl halides is 1. The second kappa shape index (κ2) is 3.81. The van der Waals surface area contributed by atoms with Gasteiger partial charge < -0.3 is 4.57 Å². The zero-order valence-electron chi connectivity index (χ0n) is 12.5. The summed E-state index contributed by atoms with van der Waals surface area (Å²) in [5.41, 5.74) is 0.621. The lowest BCUT2D eigenvalue weighted by Crippen LogP contribution is -2.26. The Labute approximate surface area is 118 Å². The summed E-state index contributed by atoms with van der Waals surface area (Å²) in [5, 5.41) is 9.60. The molecule has 0 N–H and O–H groups in total. The molecule has 2 rings (SSSR count). The van der Waals surface area contributed by atoms with Crippen LogP contribution in [0.3, 0.4) is 0 Å². The summed E-state index contributed by atoms with van der Waals surface area (Å²) >= 11 is 3.52. The minimum absolute atomic E-state index is 0.0245. The number of aromatic nitrogens is 3. The molecule has 0 aliphatic heterocycles. The van der Waals surface area contributed by atoms with Crippen molar-refractivity contribution < 1.29 is 0 Å². The lowest BCUT2D eigenvalue weighted by Gasteiger charge is -2.25. The molecule has 4 heteroatoms. The summed E-state index contributed by atoms with van der Waals surface area (Å²) in [6.07, 6.45) is 0. The smallest absolute Gasteiger partial charge is 0.144 e. The van der Waals surface area contributed by atoms with E-state index in [1.807, 2.05) is 0 Å². The van der Waals surface area contributed by atoms with E-state index in [9.17, 15) is 0 Å². The van der Waals surface area contributed by atoms with E-state index in [0.29, 0.717) is 16.7 Å². The molecule has 3 nitrogen and oxygen atoms in total. The highest BCUT2D eigenvalue weighted by atomic mass is 79.9. The van der Waals surface area contributed by atoms with Crippen LogP contribution < -0.4 is 0 Å². The van der Waals surface area contributed by atoms with Gasteiger partial charge in [0.2, 0.25) is 0 Å². The average Bonchev–Trinajstić information content (AvgIpc) is 2.57. The topological polar surface area (TPSA) is 30.7 Å². The normalized spacial score (nSPS) is 22.2. The standard InChI is InChI=1S/C14H24BrN3/c1-12(2,3)18-9(8-15)16-17-11(18)10-13(4,5)14(10,6)7/h10H,8H2,1-7H3. The third kappa shape index (κ3) is 1.75. The molecule has 1 heterocycles. The fourth-order valence-corrected chi connectivity index (χ4v) is 3.54. The van der Waals surface area contributed by atoms with Crippen LogP contribution in [0.1, 0.15) is 66.0 Å². The van der Waals surface area contributed by atoms with Crippen molar-refractivity contribution in [3.8, 4) is 0 Å². The van der Waals surface area contributed by atoms with Crippen LogP contribution in [-0.2, 0) is 10.9 Å². The van der Waals surface area contributed by atoms with Gasteiger partial charge in [-0.3, -0.25) is 0 Å². The monoisotopic (exact) mass is 313 g/mol. The zero-order valence-corrected chi connectivity index (χ0v) is 14.1. The van der Waals surface area contributed by atoms with Gasteiger partial charge in [-0.2, -0.15) is 0 Å². The Bertz CT molecular complexity index is 452. The van der Waals surface area contributed by atoms with Crippen LogP contribution in [-0.4, -0.2) is 14.8 Å². The van der Waals surface area contributed by atoms with Crippen molar-refractivity contribution >= 4 is 15.9 Å². The van der Waals surface area contributed by atoms with E-state index in [1.54, 1.807) is 0 Å². The maximum atomic E-state index is 4.49. The second-order valence-corrected chi connectivity index (χ2v) is 8.05. The summed E-state index contributed by atoms with van der Waals surface area (Å²) < 4.78 is 2.31. The lowest BCUT2D eigenvalue weighted by molar-refractivity contribution is 0.368. The number of hydrogen-bond acceptors (Lipinski definition) is 2. The third-order valence-corrected chi connectivity index (χ3v) is 5.33. The maximum Gasteiger partial charge on any atom is 0.144 e. The van der Waals surface area contributed by atoms with E-state index in [-0.39, 0.29) is 5.54 Å². The molecule has 18 heavy (non-hydrogen) atoms. The highest BCUT2D eigenvalue weighted by Gasteiger charge is 2.67. The van der Waals surface area contributed by atoms with Crippen molar-refractivity contribution in [3.63, 3.8) is 0 Å². The Balaban J connectivity index is 2.52. The van der Waals surface area contributed by atoms with Crippen molar-refractivity contribution in [1.82, 2.24) is 14.8 Å². The molecule has 0 amide bonds. The Morgan fingerprint density at radius 3 is 1.94 bits per heavy atom. The van der Waals surface area contributed by atoms with Crippen LogP contribution in [0, 0.1) is 10.8 Å². The minimum atomic E-state index is 0.0245. The largest absolute Gasteiger partial charge is 0.309 e. The number of rotatable bonds is 2. The molecule has 1 saturated carbocycles. The van der Waals surface area contributed by atoms with Crippen LogP contribution in [0.5, 0.6) is 0 Å². The molecule has 0 spiro atoms.